The van der Waals surface area contributed by atoms with Crippen molar-refractivity contribution in [3.8, 4) is 17.1 Å². The third kappa shape index (κ3) is 4.47. The average Bonchev–Trinajstić information content (AvgIpc) is 3.20. The van der Waals surface area contributed by atoms with Gasteiger partial charge in [-0.2, -0.15) is 0 Å². The quantitative estimate of drug-likeness (QED) is 0.382. The van der Waals surface area contributed by atoms with Crippen LogP contribution in [0.5, 0.6) is 5.75 Å². The maximum atomic E-state index is 14.8. The number of anilines is 1. The monoisotopic (exact) mass is 472 g/mol. The number of aromatic nitrogens is 2. The van der Waals surface area contributed by atoms with E-state index in [0.717, 1.165) is 16.5 Å². The van der Waals surface area contributed by atoms with E-state index in [9.17, 15) is 19.4 Å². The van der Waals surface area contributed by atoms with E-state index in [4.69, 9.17) is 4.98 Å². The van der Waals surface area contributed by atoms with E-state index in [0.29, 0.717) is 30.7 Å². The SMILES string of the molecule is Cc1ccc2c(N3CCC(NC(=O)O)C3Cc3ccccc3)nc(-c3c(O)cccc3F)nc2c1. The van der Waals surface area contributed by atoms with Crippen LogP contribution in [-0.4, -0.2) is 44.9 Å². The van der Waals surface area contributed by atoms with Crippen molar-refractivity contribution in [2.24, 2.45) is 0 Å². The van der Waals surface area contributed by atoms with Gasteiger partial charge in [-0.05, 0) is 55.2 Å². The van der Waals surface area contributed by atoms with Crippen LogP contribution in [0, 0.1) is 12.7 Å². The molecule has 0 radical (unpaired) electrons. The molecule has 3 N–H and O–H groups in total. The zero-order chi connectivity index (χ0) is 24.5. The standard InChI is InChI=1S/C27H25FN4O3/c1-16-10-11-18-21(14-16)29-25(24-19(28)8-5-9-23(24)33)31-26(18)32-13-12-20(30-27(34)35)22(32)15-17-6-3-2-4-7-17/h2-11,14,20,22,30,33H,12-13,15H2,1H3,(H,34,35). The Bertz CT molecular complexity index is 1380. The van der Waals surface area contributed by atoms with Gasteiger partial charge in [0.05, 0.1) is 23.2 Å². The topological polar surface area (TPSA) is 98.6 Å². The summed E-state index contributed by atoms with van der Waals surface area (Å²) in [5, 5.41) is 23.3. The minimum Gasteiger partial charge on any atom is -0.507 e. The van der Waals surface area contributed by atoms with Crippen LogP contribution < -0.4 is 10.2 Å². The van der Waals surface area contributed by atoms with Gasteiger partial charge in [0.1, 0.15) is 17.4 Å². The van der Waals surface area contributed by atoms with Gasteiger partial charge in [0.15, 0.2) is 5.82 Å². The number of rotatable bonds is 5. The van der Waals surface area contributed by atoms with Crippen LogP contribution in [0.3, 0.4) is 0 Å². The van der Waals surface area contributed by atoms with Crippen LogP contribution in [0.2, 0.25) is 0 Å². The van der Waals surface area contributed by atoms with Gasteiger partial charge >= 0.3 is 6.09 Å². The first-order valence-corrected chi connectivity index (χ1v) is 11.5. The number of phenolic OH excluding ortho intramolecular Hbond substituents is 1. The Morgan fingerprint density at radius 1 is 1.11 bits per heavy atom. The highest BCUT2D eigenvalue weighted by atomic mass is 19.1. The van der Waals surface area contributed by atoms with Gasteiger partial charge in [-0.3, -0.25) is 0 Å². The van der Waals surface area contributed by atoms with E-state index in [1.165, 1.54) is 18.2 Å². The molecular formula is C27H25FN4O3. The number of amides is 1. The molecule has 0 spiro atoms. The van der Waals surface area contributed by atoms with Crippen molar-refractivity contribution in [2.45, 2.75) is 31.8 Å². The van der Waals surface area contributed by atoms with Crippen LogP contribution in [0.1, 0.15) is 17.5 Å². The Hall–Kier alpha value is -4.20. The van der Waals surface area contributed by atoms with Crippen molar-refractivity contribution in [2.75, 3.05) is 11.4 Å². The van der Waals surface area contributed by atoms with Crippen molar-refractivity contribution in [1.29, 1.82) is 0 Å². The second-order valence-electron chi connectivity index (χ2n) is 8.82. The summed E-state index contributed by atoms with van der Waals surface area (Å²) in [6, 6.07) is 19.2. The molecule has 8 heteroatoms. The molecule has 4 aromatic rings. The van der Waals surface area contributed by atoms with Crippen molar-refractivity contribution >= 4 is 22.8 Å². The van der Waals surface area contributed by atoms with Gasteiger partial charge in [0.2, 0.25) is 0 Å². The predicted octanol–water partition coefficient (Wildman–Crippen LogP) is 4.91. The number of fused-ring (bicyclic) bond motifs is 1. The number of phenols is 1. The summed E-state index contributed by atoms with van der Waals surface area (Å²) in [5.74, 6) is -0.184. The van der Waals surface area contributed by atoms with Gasteiger partial charge < -0.3 is 20.4 Å². The van der Waals surface area contributed by atoms with E-state index in [1.54, 1.807) is 0 Å². The molecule has 5 rings (SSSR count). The molecule has 1 fully saturated rings. The Morgan fingerprint density at radius 2 is 1.91 bits per heavy atom. The summed E-state index contributed by atoms with van der Waals surface area (Å²) in [4.78, 5) is 23.0. The van der Waals surface area contributed by atoms with Crippen molar-refractivity contribution in [3.05, 3.63) is 83.7 Å². The Morgan fingerprint density at radius 3 is 2.66 bits per heavy atom. The lowest BCUT2D eigenvalue weighted by Crippen LogP contribution is -2.46. The molecule has 1 saturated heterocycles. The largest absolute Gasteiger partial charge is 0.507 e. The highest BCUT2D eigenvalue weighted by Gasteiger charge is 2.37. The minimum absolute atomic E-state index is 0.0591. The lowest BCUT2D eigenvalue weighted by Gasteiger charge is -2.30. The molecule has 0 aliphatic carbocycles. The molecule has 35 heavy (non-hydrogen) atoms. The predicted molar refractivity (Wildman–Crippen MR) is 132 cm³/mol. The second-order valence-corrected chi connectivity index (χ2v) is 8.82. The third-order valence-electron chi connectivity index (χ3n) is 6.46. The van der Waals surface area contributed by atoms with E-state index < -0.39 is 11.9 Å². The third-order valence-corrected chi connectivity index (χ3v) is 6.46. The molecule has 1 aromatic heterocycles. The van der Waals surface area contributed by atoms with Crippen molar-refractivity contribution < 1.29 is 19.4 Å². The van der Waals surface area contributed by atoms with E-state index in [-0.39, 0.29) is 29.2 Å². The average molecular weight is 473 g/mol. The van der Waals surface area contributed by atoms with Gasteiger partial charge in [-0.25, -0.2) is 19.2 Å². The molecule has 2 heterocycles. The molecule has 2 unspecified atom stereocenters. The summed E-state index contributed by atoms with van der Waals surface area (Å²) in [5.41, 5.74) is 2.62. The van der Waals surface area contributed by atoms with Crippen LogP contribution in [0.4, 0.5) is 15.0 Å². The maximum Gasteiger partial charge on any atom is 0.404 e. The van der Waals surface area contributed by atoms with Gasteiger partial charge in [0, 0.05) is 11.9 Å². The number of hydrogen-bond donors (Lipinski definition) is 3. The smallest absolute Gasteiger partial charge is 0.404 e. The number of nitrogens with one attached hydrogen (secondary N) is 1. The fourth-order valence-electron chi connectivity index (χ4n) is 4.84. The number of aromatic hydroxyl groups is 1. The molecule has 1 aliphatic heterocycles. The summed E-state index contributed by atoms with van der Waals surface area (Å²) in [7, 11) is 0. The number of benzene rings is 3. The normalized spacial score (nSPS) is 17.6. The van der Waals surface area contributed by atoms with Crippen LogP contribution in [0.15, 0.2) is 66.7 Å². The van der Waals surface area contributed by atoms with Gasteiger partial charge in [-0.1, -0.05) is 42.5 Å². The zero-order valence-electron chi connectivity index (χ0n) is 19.1. The molecule has 3 aromatic carbocycles. The number of hydrogen-bond acceptors (Lipinski definition) is 5. The van der Waals surface area contributed by atoms with E-state index >= 15 is 0 Å². The maximum absolute atomic E-state index is 14.8. The van der Waals surface area contributed by atoms with Crippen LogP contribution in [-0.2, 0) is 6.42 Å². The van der Waals surface area contributed by atoms with E-state index in [1.807, 2.05) is 55.5 Å². The zero-order valence-corrected chi connectivity index (χ0v) is 19.1. The summed E-state index contributed by atoms with van der Waals surface area (Å²) in [6.45, 7) is 2.51. The lowest BCUT2D eigenvalue weighted by atomic mass is 10.00. The molecule has 0 saturated carbocycles. The van der Waals surface area contributed by atoms with Gasteiger partial charge in [-0.15, -0.1) is 0 Å². The minimum atomic E-state index is -1.07. The molecule has 0 bridgehead atoms. The summed E-state index contributed by atoms with van der Waals surface area (Å²) >= 11 is 0. The lowest BCUT2D eigenvalue weighted by molar-refractivity contribution is 0.189. The molecule has 1 amide bonds. The number of carboxylic acid groups (broad SMARTS) is 1. The number of nitrogens with zero attached hydrogens (tertiary/aromatic N) is 3. The fourth-order valence-corrected chi connectivity index (χ4v) is 4.84. The number of carbonyl (C=O) groups is 1. The van der Waals surface area contributed by atoms with Crippen molar-refractivity contribution in [3.63, 3.8) is 0 Å². The molecule has 1 aliphatic rings. The van der Waals surface area contributed by atoms with E-state index in [2.05, 4.69) is 15.2 Å². The molecule has 7 nitrogen and oxygen atoms in total. The first-order chi connectivity index (χ1) is 16.9. The first-order valence-electron chi connectivity index (χ1n) is 11.5. The first kappa shape index (κ1) is 22.6. The van der Waals surface area contributed by atoms with Crippen LogP contribution in [0.25, 0.3) is 22.3 Å². The molecule has 178 valence electrons. The Kier molecular flexibility index (Phi) is 5.94. The second kappa shape index (κ2) is 9.21. The Balaban J connectivity index is 1.67. The number of halogens is 1. The molecule has 2 atom stereocenters. The fraction of sp³-hybridized carbons (Fsp3) is 0.222. The van der Waals surface area contributed by atoms with Gasteiger partial charge in [0.25, 0.3) is 0 Å². The van der Waals surface area contributed by atoms with Crippen LogP contribution >= 0.6 is 0 Å². The number of aryl methyl sites for hydroxylation is 1. The highest BCUT2D eigenvalue weighted by Crippen LogP contribution is 2.36. The summed E-state index contributed by atoms with van der Waals surface area (Å²) in [6.07, 6.45) is 0.125. The van der Waals surface area contributed by atoms with Crippen molar-refractivity contribution in [1.82, 2.24) is 15.3 Å². The highest BCUT2D eigenvalue weighted by molar-refractivity contribution is 5.92. The Labute approximate surface area is 201 Å². The molecular weight excluding hydrogens is 447 g/mol. The summed E-state index contributed by atoms with van der Waals surface area (Å²) < 4.78 is 14.8.